The van der Waals surface area contributed by atoms with E-state index in [2.05, 4.69) is 5.10 Å². The molecule has 0 aliphatic carbocycles. The Bertz CT molecular complexity index is 626. The van der Waals surface area contributed by atoms with Crippen LogP contribution in [-0.2, 0) is 11.3 Å². The first-order chi connectivity index (χ1) is 7.92. The molecule has 0 saturated heterocycles. The van der Waals surface area contributed by atoms with Crippen molar-refractivity contribution in [2.75, 3.05) is 0 Å². The van der Waals surface area contributed by atoms with E-state index in [0.717, 1.165) is 11.6 Å². The summed E-state index contributed by atoms with van der Waals surface area (Å²) in [5, 5.41) is 22.3. The molecule has 90 valence electrons. The summed E-state index contributed by atoms with van der Waals surface area (Å²) in [4.78, 5) is 22.5. The summed E-state index contributed by atoms with van der Waals surface area (Å²) in [6, 6.07) is 4.99. The summed E-state index contributed by atoms with van der Waals surface area (Å²) in [5.74, 6) is -1.40. The number of hydrogen-bond donors (Lipinski definition) is 2. The summed E-state index contributed by atoms with van der Waals surface area (Å²) >= 11 is 0. The van der Waals surface area contributed by atoms with Crippen LogP contribution in [0.3, 0.4) is 0 Å². The zero-order valence-corrected chi connectivity index (χ0v) is 9.07. The minimum absolute atomic E-state index is 0.400. The molecule has 0 radical (unpaired) electrons. The van der Waals surface area contributed by atoms with E-state index in [1.807, 2.05) is 0 Å². The zero-order chi connectivity index (χ0) is 12.6. The Hall–Kier alpha value is -2.15. The maximum Gasteiger partial charge on any atom is 0.350 e. The Morgan fingerprint density at radius 3 is 2.82 bits per heavy atom. The van der Waals surface area contributed by atoms with E-state index < -0.39 is 23.8 Å². The summed E-state index contributed by atoms with van der Waals surface area (Å²) in [6.45, 7) is 0.717. The quantitative estimate of drug-likeness (QED) is 0.738. The number of rotatable bonds is 3. The summed E-state index contributed by atoms with van der Waals surface area (Å²) in [5.41, 5.74) is -2.11. The largest absolute Gasteiger partial charge is 0.479 e. The fourth-order valence-electron chi connectivity index (χ4n) is 1.43. The highest BCUT2D eigenvalue weighted by molar-refractivity contribution is 5.76. The van der Waals surface area contributed by atoms with Crippen molar-refractivity contribution < 1.29 is 15.0 Å². The molecule has 7 heteroatoms. The number of fused-ring (bicyclic) bond motifs is 1. The lowest BCUT2D eigenvalue weighted by molar-refractivity contribution is -0.158. The van der Waals surface area contributed by atoms with Crippen molar-refractivity contribution in [2.24, 2.45) is 0 Å². The van der Waals surface area contributed by atoms with Gasteiger partial charge in [0.2, 0.25) is 0 Å². The monoisotopic (exact) mass is 237 g/mol. The van der Waals surface area contributed by atoms with Gasteiger partial charge in [0.1, 0.15) is 0 Å². The van der Waals surface area contributed by atoms with Crippen LogP contribution in [0.25, 0.3) is 5.65 Å². The van der Waals surface area contributed by atoms with Gasteiger partial charge in [0.25, 0.3) is 0 Å². The van der Waals surface area contributed by atoms with Crippen LogP contribution in [0.2, 0.25) is 0 Å². The van der Waals surface area contributed by atoms with Crippen molar-refractivity contribution >= 4 is 11.6 Å². The molecule has 0 aliphatic heterocycles. The van der Waals surface area contributed by atoms with Crippen molar-refractivity contribution in [2.45, 2.75) is 19.1 Å². The van der Waals surface area contributed by atoms with Crippen LogP contribution in [0.15, 0.2) is 29.2 Å². The summed E-state index contributed by atoms with van der Waals surface area (Å²) in [6.07, 6.45) is 1.52. The molecule has 1 unspecified atom stereocenters. The predicted octanol–water partition coefficient (Wildman–Crippen LogP) is -0.668. The normalized spacial score (nSPS) is 14.7. The molecule has 7 nitrogen and oxygen atoms in total. The zero-order valence-electron chi connectivity index (χ0n) is 9.07. The number of nitrogens with zero attached hydrogens (tertiary/aromatic N) is 3. The highest BCUT2D eigenvalue weighted by Crippen LogP contribution is 2.06. The van der Waals surface area contributed by atoms with Crippen LogP contribution in [-0.4, -0.2) is 36.0 Å². The first-order valence-corrected chi connectivity index (χ1v) is 4.92. The van der Waals surface area contributed by atoms with E-state index in [1.165, 1.54) is 10.6 Å². The highest BCUT2D eigenvalue weighted by Gasteiger charge is 2.31. The van der Waals surface area contributed by atoms with E-state index in [0.29, 0.717) is 5.65 Å². The minimum atomic E-state index is -2.03. The smallest absolute Gasteiger partial charge is 0.350 e. The van der Waals surface area contributed by atoms with Gasteiger partial charge in [0.05, 0.1) is 6.54 Å². The van der Waals surface area contributed by atoms with Crippen LogP contribution in [0.5, 0.6) is 0 Å². The van der Waals surface area contributed by atoms with Crippen LogP contribution >= 0.6 is 0 Å². The van der Waals surface area contributed by atoms with E-state index in [1.54, 1.807) is 18.2 Å². The minimum Gasteiger partial charge on any atom is -0.479 e. The number of aliphatic carboxylic acids is 1. The molecule has 0 saturated carbocycles. The molecule has 17 heavy (non-hydrogen) atoms. The highest BCUT2D eigenvalue weighted by atomic mass is 16.4. The van der Waals surface area contributed by atoms with Gasteiger partial charge in [0.15, 0.2) is 11.2 Å². The van der Waals surface area contributed by atoms with Crippen molar-refractivity contribution in [3.63, 3.8) is 0 Å². The molecule has 1 atom stereocenters. The maximum atomic E-state index is 11.8. The topological polar surface area (TPSA) is 96.8 Å². The number of aromatic nitrogens is 3. The molecule has 0 amide bonds. The third-order valence-corrected chi connectivity index (χ3v) is 2.41. The van der Waals surface area contributed by atoms with Gasteiger partial charge in [-0.2, -0.15) is 0 Å². The van der Waals surface area contributed by atoms with Gasteiger partial charge in [-0.25, -0.2) is 14.3 Å². The van der Waals surface area contributed by atoms with Crippen LogP contribution < -0.4 is 5.69 Å². The molecule has 0 fully saturated rings. The molecule has 2 rings (SSSR count). The van der Waals surface area contributed by atoms with Crippen LogP contribution in [0.4, 0.5) is 0 Å². The Kier molecular flexibility index (Phi) is 2.47. The molecule has 0 bridgehead atoms. The predicted molar refractivity (Wildman–Crippen MR) is 57.7 cm³/mol. The molecule has 2 heterocycles. The van der Waals surface area contributed by atoms with Crippen molar-refractivity contribution in [3.8, 4) is 0 Å². The number of hydrogen-bond acceptors (Lipinski definition) is 4. The molecule has 0 aliphatic rings. The molecule has 2 N–H and O–H groups in total. The van der Waals surface area contributed by atoms with Crippen molar-refractivity contribution in [3.05, 3.63) is 34.9 Å². The van der Waals surface area contributed by atoms with Gasteiger partial charge in [0, 0.05) is 6.20 Å². The Morgan fingerprint density at radius 2 is 2.24 bits per heavy atom. The summed E-state index contributed by atoms with van der Waals surface area (Å²) < 4.78 is 2.21. The lowest BCUT2D eigenvalue weighted by Gasteiger charge is -2.16. The van der Waals surface area contributed by atoms with Gasteiger partial charge in [-0.1, -0.05) is 6.07 Å². The molecule has 2 aromatic rings. The number of carbonyl (C=O) groups is 1. The lowest BCUT2D eigenvalue weighted by atomic mass is 10.1. The number of carboxylic acid groups (broad SMARTS) is 1. The van der Waals surface area contributed by atoms with Gasteiger partial charge >= 0.3 is 11.7 Å². The lowest BCUT2D eigenvalue weighted by Crippen LogP contribution is -2.42. The summed E-state index contributed by atoms with van der Waals surface area (Å²) in [7, 11) is 0. The third-order valence-electron chi connectivity index (χ3n) is 2.41. The van der Waals surface area contributed by atoms with Gasteiger partial charge < -0.3 is 10.2 Å². The van der Waals surface area contributed by atoms with E-state index in [9.17, 15) is 14.7 Å². The first-order valence-electron chi connectivity index (χ1n) is 4.92. The Morgan fingerprint density at radius 1 is 1.53 bits per heavy atom. The second kappa shape index (κ2) is 3.70. The third kappa shape index (κ3) is 1.92. The molecule has 0 spiro atoms. The number of carboxylic acids is 1. The molecule has 0 aromatic carbocycles. The molecular weight excluding hydrogens is 226 g/mol. The Labute approximate surface area is 95.5 Å². The van der Waals surface area contributed by atoms with E-state index >= 15 is 0 Å². The number of pyridine rings is 1. The van der Waals surface area contributed by atoms with Crippen LogP contribution in [0, 0.1) is 0 Å². The standard InChI is InChI=1S/C10H11N3O4/c1-10(17,8(14)15)6-13-9(16)12-5-3-2-4-7(12)11-13/h2-5,17H,6H2,1H3,(H,14,15). The average molecular weight is 237 g/mol. The second-order valence-corrected chi connectivity index (χ2v) is 3.95. The fraction of sp³-hybridized carbons (Fsp3) is 0.300. The van der Waals surface area contributed by atoms with Gasteiger partial charge in [-0.3, -0.25) is 4.40 Å². The number of aliphatic hydroxyl groups is 1. The van der Waals surface area contributed by atoms with Crippen molar-refractivity contribution in [1.29, 1.82) is 0 Å². The average Bonchev–Trinajstić information content (AvgIpc) is 2.56. The van der Waals surface area contributed by atoms with Crippen molar-refractivity contribution in [1.82, 2.24) is 14.2 Å². The van der Waals surface area contributed by atoms with E-state index in [4.69, 9.17) is 5.11 Å². The Balaban J connectivity index is 2.47. The van der Waals surface area contributed by atoms with Gasteiger partial charge in [-0.05, 0) is 19.1 Å². The SMILES string of the molecule is CC(O)(Cn1nc2ccccn2c1=O)C(=O)O. The maximum absolute atomic E-state index is 11.8. The molecule has 2 aromatic heterocycles. The van der Waals surface area contributed by atoms with Gasteiger partial charge in [-0.15, -0.1) is 5.10 Å². The van der Waals surface area contributed by atoms with Crippen LogP contribution in [0.1, 0.15) is 6.92 Å². The first kappa shape index (κ1) is 11.3. The fourth-order valence-corrected chi connectivity index (χ4v) is 1.43. The van der Waals surface area contributed by atoms with E-state index in [-0.39, 0.29) is 0 Å². The second-order valence-electron chi connectivity index (χ2n) is 3.95. The molecular formula is C10H11N3O4.